The molecule has 0 aromatic rings. The number of rotatable bonds is 10. The van der Waals surface area contributed by atoms with Crippen molar-refractivity contribution in [3.8, 4) is 0 Å². The van der Waals surface area contributed by atoms with E-state index in [1.54, 1.807) is 7.05 Å². The molecule has 0 saturated heterocycles. The number of aliphatic imine (C=N–C) groups is 1. The number of nitrogens with one attached hydrogen (secondary N) is 3. The first kappa shape index (κ1) is 27.4. The van der Waals surface area contributed by atoms with Crippen LogP contribution >= 0.6 is 24.0 Å². The van der Waals surface area contributed by atoms with Gasteiger partial charge in [-0.05, 0) is 60.2 Å². The van der Waals surface area contributed by atoms with E-state index >= 15 is 0 Å². The summed E-state index contributed by atoms with van der Waals surface area (Å²) in [6, 6.07) is 0.348. The number of carbonyl (C=O) groups is 1. The van der Waals surface area contributed by atoms with Crippen LogP contribution in [-0.2, 0) is 4.74 Å². The average molecular weight is 485 g/mol. The number of ether oxygens (including phenoxy) is 1. The van der Waals surface area contributed by atoms with Gasteiger partial charge in [-0.1, -0.05) is 13.8 Å². The van der Waals surface area contributed by atoms with E-state index in [-0.39, 0.29) is 24.0 Å². The Hall–Kier alpha value is -0.770. The molecule has 0 aliphatic heterocycles. The molecule has 0 aromatic carbocycles. The molecule has 0 aromatic heterocycles. The SMILES string of the molecule is CCN(CC)CCCC(C)NC(=NC)NCCNC(=O)OC(C)(C)C.I. The molecule has 7 nitrogen and oxygen atoms in total. The fraction of sp³-hybridized carbons (Fsp3) is 0.889. The monoisotopic (exact) mass is 485 g/mol. The molecule has 3 N–H and O–H groups in total. The van der Waals surface area contributed by atoms with Gasteiger partial charge in [0.1, 0.15) is 5.60 Å². The number of carbonyl (C=O) groups excluding carboxylic acids is 1. The molecule has 1 atom stereocenters. The van der Waals surface area contributed by atoms with Crippen molar-refractivity contribution in [2.75, 3.05) is 39.8 Å². The van der Waals surface area contributed by atoms with Crippen LogP contribution in [0.15, 0.2) is 4.99 Å². The molecule has 0 radical (unpaired) electrons. The van der Waals surface area contributed by atoms with Crippen molar-refractivity contribution in [1.82, 2.24) is 20.9 Å². The van der Waals surface area contributed by atoms with Crippen LogP contribution in [0.1, 0.15) is 54.4 Å². The minimum Gasteiger partial charge on any atom is -0.444 e. The molecule has 1 amide bonds. The fourth-order valence-electron chi connectivity index (χ4n) is 2.32. The van der Waals surface area contributed by atoms with E-state index in [1.807, 2.05) is 20.8 Å². The summed E-state index contributed by atoms with van der Waals surface area (Å²) >= 11 is 0. The molecule has 8 heteroatoms. The van der Waals surface area contributed by atoms with Crippen LogP contribution in [0.4, 0.5) is 4.79 Å². The smallest absolute Gasteiger partial charge is 0.407 e. The van der Waals surface area contributed by atoms with E-state index in [0.717, 1.165) is 38.4 Å². The van der Waals surface area contributed by atoms with Gasteiger partial charge < -0.3 is 25.6 Å². The maximum Gasteiger partial charge on any atom is 0.407 e. The summed E-state index contributed by atoms with van der Waals surface area (Å²) in [7, 11) is 1.75. The summed E-state index contributed by atoms with van der Waals surface area (Å²) in [5.74, 6) is 0.751. The summed E-state index contributed by atoms with van der Waals surface area (Å²) in [5, 5.41) is 9.30. The summed E-state index contributed by atoms with van der Waals surface area (Å²) in [4.78, 5) is 18.2. The van der Waals surface area contributed by atoms with Crippen molar-refractivity contribution >= 4 is 36.0 Å². The molecule has 0 aliphatic carbocycles. The fourth-order valence-corrected chi connectivity index (χ4v) is 2.32. The normalized spacial score (nSPS) is 13.0. The van der Waals surface area contributed by atoms with Crippen LogP contribution in [0.25, 0.3) is 0 Å². The zero-order valence-electron chi connectivity index (χ0n) is 17.6. The third-order valence-electron chi connectivity index (χ3n) is 3.70. The quantitative estimate of drug-likeness (QED) is 0.192. The number of amides is 1. The Balaban J connectivity index is 0. The summed E-state index contributed by atoms with van der Waals surface area (Å²) in [6.45, 7) is 16.5. The second-order valence-corrected chi connectivity index (χ2v) is 7.14. The van der Waals surface area contributed by atoms with E-state index in [2.05, 4.69) is 46.6 Å². The molecule has 26 heavy (non-hydrogen) atoms. The minimum absolute atomic E-state index is 0. The highest BCUT2D eigenvalue weighted by molar-refractivity contribution is 14.0. The summed E-state index contributed by atoms with van der Waals surface area (Å²) in [5.41, 5.74) is -0.477. The highest BCUT2D eigenvalue weighted by atomic mass is 127. The first-order valence-electron chi connectivity index (χ1n) is 9.38. The summed E-state index contributed by atoms with van der Waals surface area (Å²) in [6.07, 6.45) is 1.85. The Morgan fingerprint density at radius 1 is 1.15 bits per heavy atom. The van der Waals surface area contributed by atoms with E-state index < -0.39 is 11.7 Å². The Morgan fingerprint density at radius 2 is 1.73 bits per heavy atom. The van der Waals surface area contributed by atoms with E-state index in [4.69, 9.17) is 4.74 Å². The molecule has 156 valence electrons. The van der Waals surface area contributed by atoms with Gasteiger partial charge in [-0.15, -0.1) is 24.0 Å². The van der Waals surface area contributed by atoms with Crippen LogP contribution in [0.5, 0.6) is 0 Å². The van der Waals surface area contributed by atoms with Gasteiger partial charge in [0, 0.05) is 26.2 Å². The number of hydrogen-bond donors (Lipinski definition) is 3. The van der Waals surface area contributed by atoms with E-state index in [1.165, 1.54) is 0 Å². The lowest BCUT2D eigenvalue weighted by Gasteiger charge is -2.21. The molecule has 0 spiro atoms. The maximum atomic E-state index is 11.6. The molecule has 0 aliphatic rings. The second kappa shape index (κ2) is 15.3. The molecule has 0 rings (SSSR count). The Bertz CT molecular complexity index is 396. The van der Waals surface area contributed by atoms with Gasteiger partial charge in [0.15, 0.2) is 5.96 Å². The highest BCUT2D eigenvalue weighted by Crippen LogP contribution is 2.06. The van der Waals surface area contributed by atoms with Crippen LogP contribution in [0, 0.1) is 0 Å². The Morgan fingerprint density at radius 3 is 2.23 bits per heavy atom. The zero-order chi connectivity index (χ0) is 19.3. The zero-order valence-corrected chi connectivity index (χ0v) is 20.0. The van der Waals surface area contributed by atoms with Gasteiger partial charge in [0.05, 0.1) is 0 Å². The largest absolute Gasteiger partial charge is 0.444 e. The number of halogens is 1. The van der Waals surface area contributed by atoms with E-state index in [9.17, 15) is 4.79 Å². The first-order valence-corrected chi connectivity index (χ1v) is 9.38. The first-order chi connectivity index (χ1) is 11.7. The van der Waals surface area contributed by atoms with Gasteiger partial charge in [-0.2, -0.15) is 0 Å². The van der Waals surface area contributed by atoms with Gasteiger partial charge in [0.2, 0.25) is 0 Å². The van der Waals surface area contributed by atoms with Crippen molar-refractivity contribution in [3.63, 3.8) is 0 Å². The second-order valence-electron chi connectivity index (χ2n) is 7.14. The number of hydrogen-bond acceptors (Lipinski definition) is 4. The maximum absolute atomic E-state index is 11.6. The third kappa shape index (κ3) is 15.5. The molecule has 0 bridgehead atoms. The van der Waals surface area contributed by atoms with Crippen molar-refractivity contribution < 1.29 is 9.53 Å². The lowest BCUT2D eigenvalue weighted by molar-refractivity contribution is 0.0529. The molecular weight excluding hydrogens is 445 g/mol. The van der Waals surface area contributed by atoms with Gasteiger partial charge in [-0.3, -0.25) is 4.99 Å². The van der Waals surface area contributed by atoms with E-state index in [0.29, 0.717) is 19.1 Å². The van der Waals surface area contributed by atoms with Gasteiger partial charge in [-0.25, -0.2) is 4.79 Å². The van der Waals surface area contributed by atoms with Crippen molar-refractivity contribution in [3.05, 3.63) is 0 Å². The Labute approximate surface area is 177 Å². The molecular formula is C18H40IN5O2. The molecule has 1 unspecified atom stereocenters. The van der Waals surface area contributed by atoms with Crippen molar-refractivity contribution in [1.29, 1.82) is 0 Å². The minimum atomic E-state index is -0.477. The lowest BCUT2D eigenvalue weighted by Crippen LogP contribution is -2.45. The molecule has 0 saturated carbocycles. The van der Waals surface area contributed by atoms with Crippen LogP contribution < -0.4 is 16.0 Å². The molecule has 0 heterocycles. The average Bonchev–Trinajstić information content (AvgIpc) is 2.52. The third-order valence-corrected chi connectivity index (χ3v) is 3.70. The van der Waals surface area contributed by atoms with Gasteiger partial charge >= 0.3 is 6.09 Å². The van der Waals surface area contributed by atoms with Crippen molar-refractivity contribution in [2.45, 2.75) is 66.0 Å². The topological polar surface area (TPSA) is 78.0 Å². The van der Waals surface area contributed by atoms with Crippen LogP contribution in [0.2, 0.25) is 0 Å². The molecule has 0 fully saturated rings. The van der Waals surface area contributed by atoms with Crippen LogP contribution in [-0.4, -0.2) is 68.4 Å². The van der Waals surface area contributed by atoms with Crippen LogP contribution in [0.3, 0.4) is 0 Å². The summed E-state index contributed by atoms with van der Waals surface area (Å²) < 4.78 is 5.19. The number of nitrogens with zero attached hydrogens (tertiary/aromatic N) is 2. The number of alkyl carbamates (subject to hydrolysis) is 1. The van der Waals surface area contributed by atoms with Crippen molar-refractivity contribution in [2.24, 2.45) is 4.99 Å². The Kier molecular flexibility index (Phi) is 16.2. The number of guanidine groups is 1. The lowest BCUT2D eigenvalue weighted by atomic mass is 10.2. The highest BCUT2D eigenvalue weighted by Gasteiger charge is 2.15. The predicted octanol–water partition coefficient (Wildman–Crippen LogP) is 2.80. The van der Waals surface area contributed by atoms with Gasteiger partial charge in [0.25, 0.3) is 0 Å². The predicted molar refractivity (Wildman–Crippen MR) is 121 cm³/mol. The standard InChI is InChI=1S/C18H39N5O2.HI/c1-8-23(9-2)14-10-11-15(3)22-16(19-7)20-12-13-21-17(24)25-18(4,5)6;/h15H,8-14H2,1-7H3,(H,21,24)(H2,19,20,22);1H.